The number of para-hydroxylation sites is 1. The van der Waals surface area contributed by atoms with E-state index in [4.69, 9.17) is 4.74 Å². The molecule has 0 aliphatic carbocycles. The van der Waals surface area contributed by atoms with E-state index < -0.39 is 0 Å². The first kappa shape index (κ1) is 21.2. The molecular weight excluding hydrogens is 369 g/mol. The number of halogens is 2. The molecule has 1 aliphatic rings. The van der Waals surface area contributed by atoms with Crippen LogP contribution in [0, 0.1) is 5.82 Å². The van der Waals surface area contributed by atoms with E-state index in [-0.39, 0.29) is 36.7 Å². The summed E-state index contributed by atoms with van der Waals surface area (Å²) in [5.41, 5.74) is 1.82. The van der Waals surface area contributed by atoms with Gasteiger partial charge >= 0.3 is 0 Å². The molecule has 146 valence electrons. The van der Waals surface area contributed by atoms with Crippen LogP contribution in [-0.4, -0.2) is 44.1 Å². The molecule has 0 radical (unpaired) electrons. The van der Waals surface area contributed by atoms with Gasteiger partial charge in [-0.2, -0.15) is 0 Å². The molecule has 0 bridgehead atoms. The zero-order valence-electron chi connectivity index (χ0n) is 15.3. The molecule has 1 fully saturated rings. The monoisotopic (exact) mass is 393 g/mol. The van der Waals surface area contributed by atoms with Crippen molar-refractivity contribution in [2.75, 3.05) is 33.3 Å². The molecular formula is C20H25ClFN3O2. The minimum atomic E-state index is -0.256. The normalized spacial score (nSPS) is 17.0. The Kier molecular flexibility index (Phi) is 8.03. The van der Waals surface area contributed by atoms with Gasteiger partial charge in [-0.25, -0.2) is 4.39 Å². The van der Waals surface area contributed by atoms with Gasteiger partial charge in [-0.3, -0.25) is 9.69 Å². The summed E-state index contributed by atoms with van der Waals surface area (Å²) in [7, 11) is 1.62. The molecule has 2 N–H and O–H groups in total. The van der Waals surface area contributed by atoms with Crippen LogP contribution < -0.4 is 15.4 Å². The van der Waals surface area contributed by atoms with Crippen molar-refractivity contribution >= 4 is 18.3 Å². The van der Waals surface area contributed by atoms with Crippen molar-refractivity contribution in [2.45, 2.75) is 12.6 Å². The van der Waals surface area contributed by atoms with Crippen molar-refractivity contribution < 1.29 is 13.9 Å². The lowest BCUT2D eigenvalue weighted by atomic mass is 10.0. The van der Waals surface area contributed by atoms with E-state index in [1.54, 1.807) is 13.2 Å². The van der Waals surface area contributed by atoms with Crippen molar-refractivity contribution in [3.8, 4) is 5.75 Å². The summed E-state index contributed by atoms with van der Waals surface area (Å²) in [6, 6.07) is 14.2. The molecule has 5 nitrogen and oxygen atoms in total. The summed E-state index contributed by atoms with van der Waals surface area (Å²) in [6.45, 7) is 2.94. The van der Waals surface area contributed by atoms with Crippen LogP contribution in [0.5, 0.6) is 5.75 Å². The van der Waals surface area contributed by atoms with Crippen molar-refractivity contribution in [3.05, 3.63) is 65.5 Å². The van der Waals surface area contributed by atoms with Gasteiger partial charge in [0.2, 0.25) is 5.91 Å². The summed E-state index contributed by atoms with van der Waals surface area (Å²) in [6.07, 6.45) is 0. The third-order valence-electron chi connectivity index (χ3n) is 4.60. The molecule has 0 saturated carbocycles. The topological polar surface area (TPSA) is 53.6 Å². The predicted molar refractivity (Wildman–Crippen MR) is 106 cm³/mol. The van der Waals surface area contributed by atoms with Gasteiger partial charge in [-0.15, -0.1) is 12.4 Å². The first-order valence-electron chi connectivity index (χ1n) is 8.76. The lowest BCUT2D eigenvalue weighted by Crippen LogP contribution is -2.49. The largest absolute Gasteiger partial charge is 0.496 e. The maximum Gasteiger partial charge on any atom is 0.234 e. The van der Waals surface area contributed by atoms with Crippen molar-refractivity contribution in [1.29, 1.82) is 0 Å². The van der Waals surface area contributed by atoms with Crippen molar-refractivity contribution in [2.24, 2.45) is 0 Å². The van der Waals surface area contributed by atoms with Gasteiger partial charge in [0.25, 0.3) is 0 Å². The second-order valence-corrected chi connectivity index (χ2v) is 6.33. The van der Waals surface area contributed by atoms with E-state index in [1.165, 1.54) is 12.1 Å². The van der Waals surface area contributed by atoms with E-state index in [2.05, 4.69) is 15.5 Å². The molecule has 1 aliphatic heterocycles. The number of ether oxygens (including phenoxy) is 1. The highest BCUT2D eigenvalue weighted by molar-refractivity contribution is 5.85. The molecule has 0 aromatic heterocycles. The SMILES string of the molecule is COc1ccccc1CNC(=O)CN1CCNCC1c1cccc(F)c1.Cl. The fourth-order valence-corrected chi connectivity index (χ4v) is 3.26. The Morgan fingerprint density at radius 1 is 1.30 bits per heavy atom. The number of nitrogens with zero attached hydrogens (tertiary/aromatic N) is 1. The van der Waals surface area contributed by atoms with E-state index in [1.807, 2.05) is 30.3 Å². The third kappa shape index (κ3) is 5.66. The molecule has 27 heavy (non-hydrogen) atoms. The number of piperazine rings is 1. The second kappa shape index (κ2) is 10.3. The van der Waals surface area contributed by atoms with Crippen molar-refractivity contribution in [3.63, 3.8) is 0 Å². The van der Waals surface area contributed by atoms with Gasteiger partial charge in [0.05, 0.1) is 13.7 Å². The minimum Gasteiger partial charge on any atom is -0.496 e. The highest BCUT2D eigenvalue weighted by Gasteiger charge is 2.25. The number of carbonyl (C=O) groups is 1. The standard InChI is InChI=1S/C20H24FN3O2.ClH/c1-26-19-8-3-2-5-16(19)12-23-20(25)14-24-10-9-22-13-18(24)15-6-4-7-17(21)11-15;/h2-8,11,18,22H,9-10,12-14H2,1H3,(H,23,25);1H. The summed E-state index contributed by atoms with van der Waals surface area (Å²) in [4.78, 5) is 14.5. The average Bonchev–Trinajstić information content (AvgIpc) is 2.67. The van der Waals surface area contributed by atoms with E-state index in [0.717, 1.165) is 30.0 Å². The van der Waals surface area contributed by atoms with Gasteiger partial charge in [0.15, 0.2) is 0 Å². The van der Waals surface area contributed by atoms with Crippen molar-refractivity contribution in [1.82, 2.24) is 15.5 Å². The first-order chi connectivity index (χ1) is 12.7. The molecule has 1 saturated heterocycles. The summed E-state index contributed by atoms with van der Waals surface area (Å²) < 4.78 is 18.9. The van der Waals surface area contributed by atoms with Crippen LogP contribution in [0.4, 0.5) is 4.39 Å². The van der Waals surface area contributed by atoms with Gasteiger partial charge in [0, 0.05) is 37.8 Å². The highest BCUT2D eigenvalue weighted by Crippen LogP contribution is 2.22. The number of nitrogens with one attached hydrogen (secondary N) is 2. The van der Waals surface area contributed by atoms with Gasteiger partial charge in [-0.1, -0.05) is 30.3 Å². The number of hydrogen-bond acceptors (Lipinski definition) is 4. The lowest BCUT2D eigenvalue weighted by Gasteiger charge is -2.36. The van der Waals surface area contributed by atoms with Crippen LogP contribution in [0.2, 0.25) is 0 Å². The summed E-state index contributed by atoms with van der Waals surface area (Å²) >= 11 is 0. The lowest BCUT2D eigenvalue weighted by molar-refractivity contribution is -0.123. The van der Waals surface area contributed by atoms with Crippen LogP contribution in [0.1, 0.15) is 17.2 Å². The molecule has 1 heterocycles. The van der Waals surface area contributed by atoms with Crippen LogP contribution in [0.3, 0.4) is 0 Å². The van der Waals surface area contributed by atoms with Crippen LogP contribution in [0.25, 0.3) is 0 Å². The number of benzene rings is 2. The number of rotatable bonds is 6. The molecule has 1 amide bonds. The first-order valence-corrected chi connectivity index (χ1v) is 8.76. The van der Waals surface area contributed by atoms with E-state index >= 15 is 0 Å². The Morgan fingerprint density at radius 2 is 2.11 bits per heavy atom. The fraction of sp³-hybridized carbons (Fsp3) is 0.350. The fourth-order valence-electron chi connectivity index (χ4n) is 3.26. The Balaban J connectivity index is 0.00000261. The second-order valence-electron chi connectivity index (χ2n) is 6.33. The number of carbonyl (C=O) groups excluding carboxylic acids is 1. The smallest absolute Gasteiger partial charge is 0.234 e. The zero-order chi connectivity index (χ0) is 18.4. The third-order valence-corrected chi connectivity index (χ3v) is 4.60. The van der Waals surface area contributed by atoms with Gasteiger partial charge in [0.1, 0.15) is 11.6 Å². The van der Waals surface area contributed by atoms with E-state index in [0.29, 0.717) is 13.1 Å². The number of amides is 1. The summed E-state index contributed by atoms with van der Waals surface area (Å²) in [5.74, 6) is 0.445. The average molecular weight is 394 g/mol. The Labute approximate surface area is 165 Å². The Morgan fingerprint density at radius 3 is 2.89 bits per heavy atom. The molecule has 2 aromatic rings. The molecule has 1 atom stereocenters. The Bertz CT molecular complexity index is 760. The molecule has 2 aromatic carbocycles. The van der Waals surface area contributed by atoms with Crippen LogP contribution >= 0.6 is 12.4 Å². The number of methoxy groups -OCH3 is 1. The van der Waals surface area contributed by atoms with E-state index in [9.17, 15) is 9.18 Å². The van der Waals surface area contributed by atoms with Crippen LogP contribution in [-0.2, 0) is 11.3 Å². The predicted octanol–water partition coefficient (Wildman–Crippen LogP) is 2.52. The Hall–Kier alpha value is -2.15. The molecule has 1 unspecified atom stereocenters. The quantitative estimate of drug-likeness (QED) is 0.791. The molecule has 0 spiro atoms. The van der Waals surface area contributed by atoms with Gasteiger partial charge < -0.3 is 15.4 Å². The minimum absolute atomic E-state index is 0. The number of hydrogen-bond donors (Lipinski definition) is 2. The zero-order valence-corrected chi connectivity index (χ0v) is 16.1. The highest BCUT2D eigenvalue weighted by atomic mass is 35.5. The molecule has 7 heteroatoms. The molecule has 3 rings (SSSR count). The van der Waals surface area contributed by atoms with Crippen LogP contribution in [0.15, 0.2) is 48.5 Å². The maximum absolute atomic E-state index is 13.6. The van der Waals surface area contributed by atoms with Gasteiger partial charge in [-0.05, 0) is 23.8 Å². The maximum atomic E-state index is 13.6. The summed E-state index contributed by atoms with van der Waals surface area (Å²) in [5, 5.41) is 6.27.